The summed E-state index contributed by atoms with van der Waals surface area (Å²) in [6, 6.07) is 16.6. The van der Waals surface area contributed by atoms with Crippen LogP contribution < -0.4 is 11.5 Å². The quantitative estimate of drug-likeness (QED) is 0.863. The van der Waals surface area contributed by atoms with Crippen LogP contribution in [0.3, 0.4) is 0 Å². The molecule has 1 atom stereocenters. The molecule has 0 bridgehead atoms. The van der Waals surface area contributed by atoms with Gasteiger partial charge in [0.05, 0.1) is 6.04 Å². The van der Waals surface area contributed by atoms with Gasteiger partial charge in [-0.05, 0) is 28.7 Å². The molecule has 0 aliphatic carbocycles. The lowest BCUT2D eigenvalue weighted by Gasteiger charge is -2.14. The van der Waals surface area contributed by atoms with E-state index in [1.165, 1.54) is 5.56 Å². The lowest BCUT2D eigenvalue weighted by atomic mass is 9.97. The number of aryl methyl sites for hydroxylation is 1. The van der Waals surface area contributed by atoms with Gasteiger partial charge in [-0.3, -0.25) is 0 Å². The van der Waals surface area contributed by atoms with Gasteiger partial charge in [0.15, 0.2) is 0 Å². The maximum Gasteiger partial charge on any atom is 0.0551 e. The highest BCUT2D eigenvalue weighted by molar-refractivity contribution is 5.35. The number of benzene rings is 2. The average Bonchev–Trinajstić information content (AvgIpc) is 2.46. The van der Waals surface area contributed by atoms with Gasteiger partial charge in [0.25, 0.3) is 0 Å². The third-order valence-corrected chi connectivity index (χ3v) is 3.29. The van der Waals surface area contributed by atoms with Gasteiger partial charge in [-0.1, -0.05) is 55.5 Å². The standard InChI is InChI=1S/C16H20N2/c1-2-12-6-8-14(9-7-12)16(18)15-5-3-4-13(10-15)11-17/h3-10,16H,2,11,17-18H2,1H3. The number of hydrogen-bond donors (Lipinski definition) is 2. The monoisotopic (exact) mass is 240 g/mol. The molecule has 2 nitrogen and oxygen atoms in total. The molecule has 18 heavy (non-hydrogen) atoms. The molecule has 2 aromatic carbocycles. The molecule has 0 saturated carbocycles. The second-order valence-electron chi connectivity index (χ2n) is 4.52. The van der Waals surface area contributed by atoms with Crippen molar-refractivity contribution in [2.45, 2.75) is 25.9 Å². The second-order valence-corrected chi connectivity index (χ2v) is 4.52. The molecule has 0 aliphatic heterocycles. The van der Waals surface area contributed by atoms with Gasteiger partial charge in [-0.25, -0.2) is 0 Å². The van der Waals surface area contributed by atoms with Crippen LogP contribution in [0, 0.1) is 0 Å². The van der Waals surface area contributed by atoms with Crippen LogP contribution in [0.15, 0.2) is 48.5 Å². The SMILES string of the molecule is CCc1ccc(C(N)c2cccc(CN)c2)cc1. The number of hydrogen-bond acceptors (Lipinski definition) is 2. The van der Waals surface area contributed by atoms with Crippen LogP contribution in [0.4, 0.5) is 0 Å². The summed E-state index contributed by atoms with van der Waals surface area (Å²) < 4.78 is 0. The predicted molar refractivity (Wildman–Crippen MR) is 76.2 cm³/mol. The molecule has 0 aromatic heterocycles. The first-order valence-corrected chi connectivity index (χ1v) is 6.38. The van der Waals surface area contributed by atoms with Gasteiger partial charge >= 0.3 is 0 Å². The van der Waals surface area contributed by atoms with E-state index in [0.717, 1.165) is 23.1 Å². The molecule has 0 amide bonds. The molecule has 4 N–H and O–H groups in total. The Bertz CT molecular complexity index is 503. The molecule has 0 radical (unpaired) electrons. The molecule has 0 saturated heterocycles. The fourth-order valence-corrected chi connectivity index (χ4v) is 2.07. The molecular formula is C16H20N2. The van der Waals surface area contributed by atoms with E-state index in [2.05, 4.69) is 43.3 Å². The molecule has 0 aliphatic rings. The van der Waals surface area contributed by atoms with E-state index in [0.29, 0.717) is 6.54 Å². The average molecular weight is 240 g/mol. The first-order valence-electron chi connectivity index (χ1n) is 6.38. The highest BCUT2D eigenvalue weighted by atomic mass is 14.6. The summed E-state index contributed by atoms with van der Waals surface area (Å²) in [7, 11) is 0. The van der Waals surface area contributed by atoms with Crippen molar-refractivity contribution in [1.82, 2.24) is 0 Å². The highest BCUT2D eigenvalue weighted by Gasteiger charge is 2.08. The molecule has 2 aromatic rings. The molecule has 2 rings (SSSR count). The van der Waals surface area contributed by atoms with E-state index in [9.17, 15) is 0 Å². The summed E-state index contributed by atoms with van der Waals surface area (Å²) in [4.78, 5) is 0. The van der Waals surface area contributed by atoms with E-state index in [1.807, 2.05) is 12.1 Å². The maximum atomic E-state index is 6.29. The van der Waals surface area contributed by atoms with E-state index in [-0.39, 0.29) is 6.04 Å². The normalized spacial score (nSPS) is 12.4. The van der Waals surface area contributed by atoms with E-state index >= 15 is 0 Å². The molecule has 0 heterocycles. The zero-order valence-corrected chi connectivity index (χ0v) is 10.8. The number of nitrogens with two attached hydrogens (primary N) is 2. The second kappa shape index (κ2) is 5.80. The van der Waals surface area contributed by atoms with Crippen LogP contribution in [0.5, 0.6) is 0 Å². The largest absolute Gasteiger partial charge is 0.326 e. The summed E-state index contributed by atoms with van der Waals surface area (Å²) in [5, 5.41) is 0. The van der Waals surface area contributed by atoms with Gasteiger partial charge in [-0.15, -0.1) is 0 Å². The summed E-state index contributed by atoms with van der Waals surface area (Å²) in [5.41, 5.74) is 16.7. The molecular weight excluding hydrogens is 220 g/mol. The minimum Gasteiger partial charge on any atom is -0.326 e. The Morgan fingerprint density at radius 2 is 1.67 bits per heavy atom. The minimum absolute atomic E-state index is 0.0811. The van der Waals surface area contributed by atoms with Gasteiger partial charge in [0, 0.05) is 6.54 Å². The smallest absolute Gasteiger partial charge is 0.0551 e. The third-order valence-electron chi connectivity index (χ3n) is 3.29. The van der Waals surface area contributed by atoms with Crippen LogP contribution in [-0.4, -0.2) is 0 Å². The van der Waals surface area contributed by atoms with Crippen molar-refractivity contribution in [3.05, 3.63) is 70.8 Å². The van der Waals surface area contributed by atoms with Gasteiger partial charge in [0.1, 0.15) is 0 Å². The minimum atomic E-state index is -0.0811. The Morgan fingerprint density at radius 1 is 0.944 bits per heavy atom. The third kappa shape index (κ3) is 2.78. The Kier molecular flexibility index (Phi) is 4.13. The summed E-state index contributed by atoms with van der Waals surface area (Å²) in [6.07, 6.45) is 1.05. The van der Waals surface area contributed by atoms with Crippen LogP contribution >= 0.6 is 0 Å². The lowest BCUT2D eigenvalue weighted by molar-refractivity contribution is 0.864. The predicted octanol–water partition coefficient (Wildman–Crippen LogP) is 2.76. The van der Waals surface area contributed by atoms with Crippen molar-refractivity contribution >= 4 is 0 Å². The fourth-order valence-electron chi connectivity index (χ4n) is 2.07. The van der Waals surface area contributed by atoms with Crippen LogP contribution in [0.1, 0.15) is 35.2 Å². The maximum absolute atomic E-state index is 6.29. The molecule has 0 fully saturated rings. The Labute approximate surface area is 109 Å². The van der Waals surface area contributed by atoms with Crippen LogP contribution in [0.2, 0.25) is 0 Å². The molecule has 1 unspecified atom stereocenters. The van der Waals surface area contributed by atoms with Gasteiger partial charge in [0.2, 0.25) is 0 Å². The van der Waals surface area contributed by atoms with Gasteiger partial charge < -0.3 is 11.5 Å². The first kappa shape index (κ1) is 12.8. The molecule has 94 valence electrons. The topological polar surface area (TPSA) is 52.0 Å². The molecule has 0 spiro atoms. The van der Waals surface area contributed by atoms with Crippen molar-refractivity contribution in [2.75, 3.05) is 0 Å². The summed E-state index contributed by atoms with van der Waals surface area (Å²) in [5.74, 6) is 0. The van der Waals surface area contributed by atoms with Crippen LogP contribution in [0.25, 0.3) is 0 Å². The summed E-state index contributed by atoms with van der Waals surface area (Å²) in [6.45, 7) is 2.70. The number of rotatable bonds is 4. The van der Waals surface area contributed by atoms with Crippen LogP contribution in [-0.2, 0) is 13.0 Å². The first-order chi connectivity index (χ1) is 8.74. The van der Waals surface area contributed by atoms with E-state index < -0.39 is 0 Å². The summed E-state index contributed by atoms with van der Waals surface area (Å²) >= 11 is 0. The Hall–Kier alpha value is -1.64. The molecule has 2 heteroatoms. The Balaban J connectivity index is 2.25. The zero-order valence-electron chi connectivity index (χ0n) is 10.8. The lowest BCUT2D eigenvalue weighted by Crippen LogP contribution is -2.12. The van der Waals surface area contributed by atoms with Gasteiger partial charge in [-0.2, -0.15) is 0 Å². The highest BCUT2D eigenvalue weighted by Crippen LogP contribution is 2.21. The van der Waals surface area contributed by atoms with Crippen molar-refractivity contribution in [3.63, 3.8) is 0 Å². The fraction of sp³-hybridized carbons (Fsp3) is 0.250. The van der Waals surface area contributed by atoms with E-state index in [4.69, 9.17) is 11.5 Å². The van der Waals surface area contributed by atoms with Crippen molar-refractivity contribution < 1.29 is 0 Å². The van der Waals surface area contributed by atoms with Crippen molar-refractivity contribution in [1.29, 1.82) is 0 Å². The van der Waals surface area contributed by atoms with Crippen molar-refractivity contribution in [2.24, 2.45) is 11.5 Å². The Morgan fingerprint density at radius 3 is 2.28 bits per heavy atom. The van der Waals surface area contributed by atoms with Crippen molar-refractivity contribution in [3.8, 4) is 0 Å². The zero-order chi connectivity index (χ0) is 13.0. The van der Waals surface area contributed by atoms with E-state index in [1.54, 1.807) is 0 Å².